The van der Waals surface area contributed by atoms with Crippen LogP contribution in [-0.4, -0.2) is 34.7 Å². The maximum absolute atomic E-state index is 6.00. The van der Waals surface area contributed by atoms with Crippen LogP contribution in [0.5, 0.6) is 0 Å². The summed E-state index contributed by atoms with van der Waals surface area (Å²) >= 11 is 6.00. The highest BCUT2D eigenvalue weighted by molar-refractivity contribution is 6.31. The van der Waals surface area contributed by atoms with Crippen LogP contribution in [0.1, 0.15) is 26.7 Å². The van der Waals surface area contributed by atoms with Gasteiger partial charge in [0, 0.05) is 22.7 Å². The molecule has 0 spiro atoms. The van der Waals surface area contributed by atoms with Crippen LogP contribution >= 0.6 is 11.6 Å². The van der Waals surface area contributed by atoms with E-state index in [0.717, 1.165) is 16.8 Å². The van der Waals surface area contributed by atoms with E-state index in [1.54, 1.807) is 0 Å². The smallest absolute Gasteiger partial charge is 0.177 e. The maximum atomic E-state index is 6.00. The van der Waals surface area contributed by atoms with Gasteiger partial charge in [-0.1, -0.05) is 16.8 Å². The number of piperidine rings is 3. The summed E-state index contributed by atoms with van der Waals surface area (Å²) in [5.41, 5.74) is 0.892. The molecule has 1 aromatic carbocycles. The number of halogens is 1. The van der Waals surface area contributed by atoms with Gasteiger partial charge in [-0.3, -0.25) is 4.90 Å². The van der Waals surface area contributed by atoms with Crippen molar-refractivity contribution in [2.24, 2.45) is 5.92 Å². The van der Waals surface area contributed by atoms with Gasteiger partial charge in [-0.05, 0) is 57.8 Å². The van der Waals surface area contributed by atoms with Gasteiger partial charge in [0.1, 0.15) is 0 Å². The average molecular weight is 306 g/mol. The summed E-state index contributed by atoms with van der Waals surface area (Å²) in [4.78, 5) is 2.59. The summed E-state index contributed by atoms with van der Waals surface area (Å²) in [6.07, 6.45) is 2.53. The molecule has 0 radical (unpaired) electrons. The van der Waals surface area contributed by atoms with E-state index >= 15 is 0 Å². The van der Waals surface area contributed by atoms with Gasteiger partial charge in [0.05, 0.1) is 5.39 Å². The van der Waals surface area contributed by atoms with Crippen molar-refractivity contribution in [2.45, 2.75) is 38.3 Å². The molecule has 3 fully saturated rings. The van der Waals surface area contributed by atoms with E-state index in [-0.39, 0.29) is 5.54 Å². The third kappa shape index (κ3) is 2.04. The fourth-order valence-electron chi connectivity index (χ4n) is 4.04. The molecule has 4 nitrogen and oxygen atoms in total. The molecular formula is C16H20ClN3O. The largest absolute Gasteiger partial charge is 0.362 e. The Kier molecular flexibility index (Phi) is 2.95. The lowest BCUT2D eigenvalue weighted by Gasteiger charge is -2.56. The summed E-state index contributed by atoms with van der Waals surface area (Å²) in [5, 5.41) is 9.55. The zero-order chi connectivity index (χ0) is 14.6. The molecule has 0 amide bonds. The van der Waals surface area contributed by atoms with E-state index in [4.69, 9.17) is 16.1 Å². The molecule has 3 aliphatic rings. The number of aromatic nitrogens is 1. The molecule has 2 aromatic rings. The highest BCUT2D eigenvalue weighted by atomic mass is 35.5. The zero-order valence-electron chi connectivity index (χ0n) is 12.4. The summed E-state index contributed by atoms with van der Waals surface area (Å²) in [5.74, 6) is 1.55. The van der Waals surface area contributed by atoms with Crippen LogP contribution in [0.15, 0.2) is 22.7 Å². The van der Waals surface area contributed by atoms with E-state index in [0.29, 0.717) is 17.0 Å². The summed E-state index contributed by atoms with van der Waals surface area (Å²) in [6, 6.07) is 6.08. The molecule has 2 bridgehead atoms. The first-order valence-electron chi connectivity index (χ1n) is 7.62. The molecule has 0 saturated carbocycles. The molecule has 1 atom stereocenters. The van der Waals surface area contributed by atoms with Crippen molar-refractivity contribution in [2.75, 3.05) is 18.4 Å². The minimum absolute atomic E-state index is 0.152. The third-order valence-corrected chi connectivity index (χ3v) is 5.55. The molecule has 0 aliphatic carbocycles. The number of fused-ring (bicyclic) bond motifs is 4. The molecule has 1 N–H and O–H groups in total. The van der Waals surface area contributed by atoms with Gasteiger partial charge in [0.25, 0.3) is 0 Å². The van der Waals surface area contributed by atoms with Gasteiger partial charge in [0.2, 0.25) is 0 Å². The molecule has 5 heteroatoms. The van der Waals surface area contributed by atoms with E-state index in [2.05, 4.69) is 29.2 Å². The second-order valence-corrected chi connectivity index (χ2v) is 7.21. The van der Waals surface area contributed by atoms with Crippen LogP contribution in [0.3, 0.4) is 0 Å². The maximum Gasteiger partial charge on any atom is 0.177 e. The molecule has 4 heterocycles. The van der Waals surface area contributed by atoms with E-state index < -0.39 is 0 Å². The topological polar surface area (TPSA) is 41.3 Å². The normalized spacial score (nSPS) is 30.7. The number of rotatable bonds is 2. The minimum Gasteiger partial charge on any atom is -0.362 e. The van der Waals surface area contributed by atoms with Crippen LogP contribution in [0.25, 0.3) is 11.0 Å². The van der Waals surface area contributed by atoms with Gasteiger partial charge < -0.3 is 9.84 Å². The van der Waals surface area contributed by atoms with Crippen molar-refractivity contribution in [1.29, 1.82) is 0 Å². The molecule has 0 unspecified atom stereocenters. The first kappa shape index (κ1) is 13.4. The standard InChI is InChI=1S/C16H20ClN3O/c1-16(2)14(10-5-7-20(16)8-6-10)18-15-12-4-3-11(17)9-13(12)21-19-15/h3-4,9-10,14H,5-8H2,1-2H3,(H,18,19)/t14-/m0/s1. The zero-order valence-corrected chi connectivity index (χ0v) is 13.2. The van der Waals surface area contributed by atoms with Crippen molar-refractivity contribution in [3.05, 3.63) is 23.2 Å². The minimum atomic E-state index is 0.152. The van der Waals surface area contributed by atoms with Crippen LogP contribution in [0.2, 0.25) is 5.02 Å². The lowest BCUT2D eigenvalue weighted by atomic mass is 9.72. The Morgan fingerprint density at radius 3 is 2.81 bits per heavy atom. The third-order valence-electron chi connectivity index (χ3n) is 5.31. The Bertz CT molecular complexity index is 673. The molecule has 1 aromatic heterocycles. The number of hydrogen-bond acceptors (Lipinski definition) is 4. The summed E-state index contributed by atoms with van der Waals surface area (Å²) < 4.78 is 5.41. The second kappa shape index (κ2) is 4.62. The number of anilines is 1. The fraction of sp³-hybridized carbons (Fsp3) is 0.562. The van der Waals surface area contributed by atoms with E-state index in [9.17, 15) is 0 Å². The van der Waals surface area contributed by atoms with E-state index in [1.165, 1.54) is 25.9 Å². The summed E-state index contributed by atoms with van der Waals surface area (Å²) in [7, 11) is 0. The van der Waals surface area contributed by atoms with E-state index in [1.807, 2.05) is 18.2 Å². The predicted octanol–water partition coefficient (Wildman–Crippen LogP) is 3.77. The number of nitrogens with zero attached hydrogens (tertiary/aromatic N) is 2. The van der Waals surface area contributed by atoms with Gasteiger partial charge in [-0.15, -0.1) is 0 Å². The van der Waals surface area contributed by atoms with Gasteiger partial charge in [-0.25, -0.2) is 0 Å². The van der Waals surface area contributed by atoms with Crippen molar-refractivity contribution in [3.63, 3.8) is 0 Å². The Hall–Kier alpha value is -1.26. The Labute approximate surface area is 129 Å². The highest BCUT2D eigenvalue weighted by Crippen LogP contribution is 2.41. The number of hydrogen-bond donors (Lipinski definition) is 1. The van der Waals surface area contributed by atoms with Crippen molar-refractivity contribution in [3.8, 4) is 0 Å². The van der Waals surface area contributed by atoms with Crippen LogP contribution < -0.4 is 5.32 Å². The number of nitrogens with one attached hydrogen (secondary N) is 1. The lowest BCUT2D eigenvalue weighted by molar-refractivity contribution is -0.0189. The quantitative estimate of drug-likeness (QED) is 0.917. The first-order chi connectivity index (χ1) is 10.1. The van der Waals surface area contributed by atoms with Gasteiger partial charge in [0.15, 0.2) is 11.4 Å². The molecule has 112 valence electrons. The fourth-order valence-corrected chi connectivity index (χ4v) is 4.20. The SMILES string of the molecule is CC1(C)[C@@H](Nc2noc3cc(Cl)ccc23)C2CCN1CC2. The van der Waals surface area contributed by atoms with Gasteiger partial charge in [-0.2, -0.15) is 0 Å². The van der Waals surface area contributed by atoms with Crippen LogP contribution in [0.4, 0.5) is 5.82 Å². The molecule has 5 rings (SSSR count). The first-order valence-corrected chi connectivity index (χ1v) is 8.00. The van der Waals surface area contributed by atoms with Crippen molar-refractivity contribution < 1.29 is 4.52 Å². The van der Waals surface area contributed by atoms with Gasteiger partial charge >= 0.3 is 0 Å². The van der Waals surface area contributed by atoms with Crippen LogP contribution in [-0.2, 0) is 0 Å². The second-order valence-electron chi connectivity index (χ2n) is 6.77. The highest BCUT2D eigenvalue weighted by Gasteiger charge is 2.47. The average Bonchev–Trinajstić information content (AvgIpc) is 2.85. The van der Waals surface area contributed by atoms with Crippen LogP contribution in [0, 0.1) is 5.92 Å². The monoisotopic (exact) mass is 305 g/mol. The Morgan fingerprint density at radius 1 is 1.33 bits per heavy atom. The van der Waals surface area contributed by atoms with Crippen molar-refractivity contribution in [1.82, 2.24) is 10.1 Å². The lowest BCUT2D eigenvalue weighted by Crippen LogP contribution is -2.66. The molecule has 3 aliphatic heterocycles. The predicted molar refractivity (Wildman–Crippen MR) is 84.8 cm³/mol. The number of benzene rings is 1. The molecule has 21 heavy (non-hydrogen) atoms. The molecule has 3 saturated heterocycles. The Morgan fingerprint density at radius 2 is 2.10 bits per heavy atom. The van der Waals surface area contributed by atoms with Crippen molar-refractivity contribution >= 4 is 28.4 Å². The Balaban J connectivity index is 1.68. The summed E-state index contributed by atoms with van der Waals surface area (Å²) in [6.45, 7) is 7.08. The molecular weight excluding hydrogens is 286 g/mol.